The number of aromatic nitrogens is 1. The maximum absolute atomic E-state index is 12.5. The van der Waals surface area contributed by atoms with Crippen molar-refractivity contribution in [3.05, 3.63) is 82.4 Å². The van der Waals surface area contributed by atoms with Crippen molar-refractivity contribution in [2.45, 2.75) is 39.2 Å². The molecular weight excluding hydrogens is 464 g/mol. The van der Waals surface area contributed by atoms with Crippen LogP contribution in [0.2, 0.25) is 0 Å². The standard InChI is InChI=1S/C27H26N2O3S2/c1-17-11-18(2)26(19(3)12-17)29(20(4)30)27-28-23(15-34-27)14-32-25(31)16-33-24-10-9-21-7-5-6-8-22(21)13-24/h5-13,15H,14,16H2,1-4H3. The highest BCUT2D eigenvalue weighted by Crippen LogP contribution is 2.34. The van der Waals surface area contributed by atoms with E-state index < -0.39 is 0 Å². The first kappa shape index (κ1) is 24.0. The minimum absolute atomic E-state index is 0.0746. The smallest absolute Gasteiger partial charge is 0.316 e. The first-order chi connectivity index (χ1) is 16.3. The third kappa shape index (κ3) is 5.48. The number of benzene rings is 3. The number of thiazole rings is 1. The van der Waals surface area contributed by atoms with E-state index in [9.17, 15) is 9.59 Å². The number of nitrogens with zero attached hydrogens (tertiary/aromatic N) is 2. The summed E-state index contributed by atoms with van der Waals surface area (Å²) in [4.78, 5) is 32.1. The van der Waals surface area contributed by atoms with Crippen molar-refractivity contribution >= 4 is 56.6 Å². The lowest BCUT2D eigenvalue weighted by Crippen LogP contribution is -2.24. The van der Waals surface area contributed by atoms with Crippen molar-refractivity contribution in [2.75, 3.05) is 10.7 Å². The molecule has 0 aliphatic heterocycles. The first-order valence-electron chi connectivity index (χ1n) is 10.9. The normalized spacial score (nSPS) is 10.9. The molecule has 3 aromatic carbocycles. The number of carbonyl (C=O) groups excluding carboxylic acids is 2. The zero-order valence-electron chi connectivity index (χ0n) is 19.6. The molecule has 1 heterocycles. The molecule has 0 aliphatic rings. The van der Waals surface area contributed by atoms with E-state index in [1.54, 1.807) is 4.90 Å². The lowest BCUT2D eigenvalue weighted by Gasteiger charge is -2.23. The fourth-order valence-corrected chi connectivity index (χ4v) is 5.57. The maximum atomic E-state index is 12.5. The van der Waals surface area contributed by atoms with Crippen molar-refractivity contribution in [1.82, 2.24) is 4.98 Å². The number of ether oxygens (including phenoxy) is 1. The Kier molecular flexibility index (Phi) is 7.34. The molecule has 0 saturated heterocycles. The number of esters is 1. The Morgan fingerprint density at radius 1 is 1.00 bits per heavy atom. The number of amides is 1. The third-order valence-corrected chi connectivity index (χ3v) is 7.21. The van der Waals surface area contributed by atoms with Gasteiger partial charge in [0.1, 0.15) is 6.61 Å². The maximum Gasteiger partial charge on any atom is 0.316 e. The average molecular weight is 491 g/mol. The quantitative estimate of drug-likeness (QED) is 0.212. The Morgan fingerprint density at radius 3 is 2.41 bits per heavy atom. The predicted octanol–water partition coefficient (Wildman–Crippen LogP) is 6.74. The van der Waals surface area contributed by atoms with E-state index in [2.05, 4.69) is 41.4 Å². The first-order valence-corrected chi connectivity index (χ1v) is 12.8. The molecule has 0 saturated carbocycles. The van der Waals surface area contributed by atoms with Gasteiger partial charge in [-0.15, -0.1) is 23.1 Å². The molecule has 0 fully saturated rings. The molecule has 0 unspecified atom stereocenters. The van der Waals surface area contributed by atoms with Crippen molar-refractivity contribution in [3.8, 4) is 0 Å². The van der Waals surface area contributed by atoms with Crippen molar-refractivity contribution in [2.24, 2.45) is 0 Å². The number of hydrogen-bond donors (Lipinski definition) is 0. The highest BCUT2D eigenvalue weighted by atomic mass is 32.2. The Labute approximate surface area is 207 Å². The molecule has 5 nitrogen and oxygen atoms in total. The van der Waals surface area contributed by atoms with Crippen LogP contribution in [0.5, 0.6) is 0 Å². The van der Waals surface area contributed by atoms with Crippen molar-refractivity contribution < 1.29 is 14.3 Å². The molecule has 0 spiro atoms. The van der Waals surface area contributed by atoms with Gasteiger partial charge in [-0.1, -0.05) is 48.0 Å². The summed E-state index contributed by atoms with van der Waals surface area (Å²) in [5.74, 6) is -0.197. The summed E-state index contributed by atoms with van der Waals surface area (Å²) < 4.78 is 5.44. The van der Waals surface area contributed by atoms with E-state index in [0.717, 1.165) is 32.7 Å². The van der Waals surface area contributed by atoms with Crippen LogP contribution in [0.3, 0.4) is 0 Å². The van der Waals surface area contributed by atoms with E-state index in [-0.39, 0.29) is 24.2 Å². The average Bonchev–Trinajstić information content (AvgIpc) is 3.26. The third-order valence-electron chi connectivity index (χ3n) is 5.36. The monoisotopic (exact) mass is 490 g/mol. The minimum atomic E-state index is -0.304. The van der Waals surface area contributed by atoms with Gasteiger partial charge in [-0.05, 0) is 54.8 Å². The van der Waals surface area contributed by atoms with Gasteiger partial charge in [0.25, 0.3) is 0 Å². The number of rotatable bonds is 7. The van der Waals surface area contributed by atoms with Gasteiger partial charge in [0.15, 0.2) is 5.13 Å². The van der Waals surface area contributed by atoms with E-state index in [0.29, 0.717) is 10.8 Å². The molecular formula is C27H26N2O3S2. The van der Waals surface area contributed by atoms with Crippen LogP contribution in [-0.2, 0) is 20.9 Å². The number of hydrogen-bond acceptors (Lipinski definition) is 6. The number of anilines is 2. The van der Waals surface area contributed by atoms with E-state index in [4.69, 9.17) is 4.74 Å². The fourth-order valence-electron chi connectivity index (χ4n) is 3.97. The molecule has 0 radical (unpaired) electrons. The number of thioether (sulfide) groups is 1. The molecule has 1 amide bonds. The highest BCUT2D eigenvalue weighted by Gasteiger charge is 2.22. The summed E-state index contributed by atoms with van der Waals surface area (Å²) in [7, 11) is 0. The molecule has 0 N–H and O–H groups in total. The van der Waals surface area contributed by atoms with Crippen LogP contribution < -0.4 is 4.90 Å². The summed E-state index contributed by atoms with van der Waals surface area (Å²) in [6, 6.07) is 18.4. The molecule has 0 atom stereocenters. The van der Waals surface area contributed by atoms with Gasteiger partial charge in [-0.2, -0.15) is 0 Å². The van der Waals surface area contributed by atoms with Gasteiger partial charge < -0.3 is 4.74 Å². The second-order valence-corrected chi connectivity index (χ2v) is 10.1. The van der Waals surface area contributed by atoms with Crippen molar-refractivity contribution in [3.63, 3.8) is 0 Å². The molecule has 34 heavy (non-hydrogen) atoms. The summed E-state index contributed by atoms with van der Waals surface area (Å²) in [5.41, 5.74) is 4.65. The minimum Gasteiger partial charge on any atom is -0.459 e. The Morgan fingerprint density at radius 2 is 1.71 bits per heavy atom. The molecule has 4 rings (SSSR count). The summed E-state index contributed by atoms with van der Waals surface area (Å²) in [6.07, 6.45) is 0. The number of fused-ring (bicyclic) bond motifs is 1. The van der Waals surface area contributed by atoms with Crippen molar-refractivity contribution in [1.29, 1.82) is 0 Å². The lowest BCUT2D eigenvalue weighted by molar-refractivity contribution is -0.141. The van der Waals surface area contributed by atoms with Crippen LogP contribution >= 0.6 is 23.1 Å². The molecule has 7 heteroatoms. The zero-order valence-corrected chi connectivity index (χ0v) is 21.3. The van der Waals surface area contributed by atoms with Crippen LogP contribution in [-0.4, -0.2) is 22.6 Å². The topological polar surface area (TPSA) is 59.5 Å². The second-order valence-electron chi connectivity index (χ2n) is 8.18. The van der Waals surface area contributed by atoms with E-state index in [1.807, 2.05) is 44.4 Å². The lowest BCUT2D eigenvalue weighted by atomic mass is 10.0. The summed E-state index contributed by atoms with van der Waals surface area (Å²) >= 11 is 2.81. The fraction of sp³-hybridized carbons (Fsp3) is 0.222. The van der Waals surface area contributed by atoms with E-state index in [1.165, 1.54) is 35.4 Å². The number of carbonyl (C=O) groups is 2. The highest BCUT2D eigenvalue weighted by molar-refractivity contribution is 8.00. The van der Waals surface area contributed by atoms with Crippen LogP contribution in [0.4, 0.5) is 10.8 Å². The molecule has 174 valence electrons. The van der Waals surface area contributed by atoms with Gasteiger partial charge in [0, 0.05) is 17.2 Å². The molecule has 1 aromatic heterocycles. The number of aryl methyl sites for hydroxylation is 3. The van der Waals surface area contributed by atoms with Gasteiger partial charge in [-0.25, -0.2) is 4.98 Å². The summed E-state index contributed by atoms with van der Waals surface area (Å²) in [6.45, 7) is 7.63. The van der Waals surface area contributed by atoms with E-state index >= 15 is 0 Å². The van der Waals surface area contributed by atoms with Gasteiger partial charge in [0.2, 0.25) is 5.91 Å². The van der Waals surface area contributed by atoms with Gasteiger partial charge in [0.05, 0.1) is 17.1 Å². The Balaban J connectivity index is 1.39. The molecule has 4 aromatic rings. The predicted molar refractivity (Wildman–Crippen MR) is 140 cm³/mol. The van der Waals surface area contributed by atoms with Crippen LogP contribution in [0.1, 0.15) is 29.3 Å². The SMILES string of the molecule is CC(=O)N(c1nc(COC(=O)CSc2ccc3ccccc3c2)cs1)c1c(C)cc(C)cc1C. The molecule has 0 bridgehead atoms. The second kappa shape index (κ2) is 10.4. The van der Waals surface area contributed by atoms with Gasteiger partial charge >= 0.3 is 5.97 Å². The zero-order chi connectivity index (χ0) is 24.2. The summed E-state index contributed by atoms with van der Waals surface area (Å²) in [5, 5.41) is 4.71. The van der Waals surface area contributed by atoms with Crippen LogP contribution in [0.25, 0.3) is 10.8 Å². The van der Waals surface area contributed by atoms with Gasteiger partial charge in [-0.3, -0.25) is 14.5 Å². The van der Waals surface area contributed by atoms with Crippen LogP contribution in [0, 0.1) is 20.8 Å². The largest absolute Gasteiger partial charge is 0.459 e. The Hall–Kier alpha value is -3.16. The Bertz CT molecular complexity index is 1340. The molecule has 0 aliphatic carbocycles. The van der Waals surface area contributed by atoms with Crippen LogP contribution in [0.15, 0.2) is 64.9 Å².